The molecule has 0 aromatic heterocycles. The van der Waals surface area contributed by atoms with Gasteiger partial charge in [0.15, 0.2) is 6.29 Å². The minimum Gasteiger partial charge on any atom is -0.496 e. The molecule has 5 nitrogen and oxygen atoms in total. The summed E-state index contributed by atoms with van der Waals surface area (Å²) in [6, 6.07) is 6.34. The molecule has 5 heteroatoms. The summed E-state index contributed by atoms with van der Waals surface area (Å²) in [5.74, 6) is 2.50. The molecule has 1 aromatic carbocycles. The van der Waals surface area contributed by atoms with Gasteiger partial charge in [-0.05, 0) is 78.6 Å². The molecule has 0 saturated heterocycles. The molecule has 0 aliphatic heterocycles. The van der Waals surface area contributed by atoms with Crippen molar-refractivity contribution in [3.63, 3.8) is 0 Å². The van der Waals surface area contributed by atoms with E-state index in [1.165, 1.54) is 50.4 Å². The molecule has 4 aliphatic carbocycles. The molecule has 4 aliphatic rings. The fraction of sp³-hybridized carbons (Fsp3) is 0.552. The summed E-state index contributed by atoms with van der Waals surface area (Å²) >= 11 is 0. The van der Waals surface area contributed by atoms with Crippen LogP contribution >= 0.6 is 0 Å². The highest BCUT2D eigenvalue weighted by atomic mass is 16.6. The van der Waals surface area contributed by atoms with Crippen LogP contribution in [0.25, 0.3) is 6.08 Å². The normalized spacial score (nSPS) is 29.5. The average molecular weight is 465 g/mol. The zero-order valence-electron chi connectivity index (χ0n) is 20.5. The Morgan fingerprint density at radius 1 is 1.03 bits per heavy atom. The van der Waals surface area contributed by atoms with Crippen LogP contribution in [-0.4, -0.2) is 38.7 Å². The number of methoxy groups -OCH3 is 3. The number of carbonyl (C=O) groups excluding carboxylic acids is 1. The summed E-state index contributed by atoms with van der Waals surface area (Å²) in [6.45, 7) is 0. The van der Waals surface area contributed by atoms with Gasteiger partial charge in [0.1, 0.15) is 5.75 Å². The van der Waals surface area contributed by atoms with Crippen LogP contribution in [-0.2, 0) is 14.3 Å². The molecule has 0 spiro atoms. The number of benzene rings is 1. The Morgan fingerprint density at radius 3 is 2.53 bits per heavy atom. The summed E-state index contributed by atoms with van der Waals surface area (Å²) < 4.78 is 16.3. The van der Waals surface area contributed by atoms with Crippen LogP contribution in [0.1, 0.15) is 62.0 Å². The second-order valence-corrected chi connectivity index (χ2v) is 10.2. The fourth-order valence-corrected chi connectivity index (χ4v) is 7.28. The number of hydrogen-bond donors (Lipinski definition) is 1. The summed E-state index contributed by atoms with van der Waals surface area (Å²) in [6.07, 6.45) is 13.2. The third-order valence-corrected chi connectivity index (χ3v) is 8.72. The lowest BCUT2D eigenvalue weighted by molar-refractivity contribution is -0.136. The predicted octanol–water partition coefficient (Wildman–Crippen LogP) is 5.40. The van der Waals surface area contributed by atoms with Crippen LogP contribution in [0.3, 0.4) is 0 Å². The number of hydrogen-bond acceptors (Lipinski definition) is 5. The second-order valence-electron chi connectivity index (χ2n) is 10.2. The van der Waals surface area contributed by atoms with Crippen molar-refractivity contribution in [3.8, 4) is 5.75 Å². The molecule has 0 radical (unpaired) electrons. The monoisotopic (exact) mass is 464 g/mol. The third kappa shape index (κ3) is 3.93. The maximum atomic E-state index is 12.5. The molecule has 5 atom stereocenters. The van der Waals surface area contributed by atoms with Crippen molar-refractivity contribution in [2.75, 3.05) is 21.3 Å². The van der Waals surface area contributed by atoms with E-state index in [2.05, 4.69) is 24.3 Å². The summed E-state index contributed by atoms with van der Waals surface area (Å²) in [4.78, 5) is 12.5. The molecule has 0 amide bonds. The molecule has 1 aromatic rings. The molecule has 2 fully saturated rings. The van der Waals surface area contributed by atoms with Crippen molar-refractivity contribution in [2.45, 2.75) is 57.2 Å². The molecule has 0 heterocycles. The molecule has 0 bridgehead atoms. The van der Waals surface area contributed by atoms with Crippen LogP contribution in [0.4, 0.5) is 0 Å². The summed E-state index contributed by atoms with van der Waals surface area (Å²) in [5.41, 5.74) is 5.46. The zero-order valence-corrected chi connectivity index (χ0v) is 20.5. The first-order valence-corrected chi connectivity index (χ1v) is 12.6. The van der Waals surface area contributed by atoms with E-state index in [1.807, 2.05) is 12.1 Å². The Labute approximate surface area is 202 Å². The van der Waals surface area contributed by atoms with Crippen molar-refractivity contribution in [1.29, 1.82) is 0 Å². The summed E-state index contributed by atoms with van der Waals surface area (Å²) in [5, 5.41) is 10.8. The third-order valence-electron chi connectivity index (χ3n) is 8.72. The van der Waals surface area contributed by atoms with E-state index in [0.717, 1.165) is 28.9 Å². The van der Waals surface area contributed by atoms with E-state index in [0.29, 0.717) is 24.2 Å². The van der Waals surface area contributed by atoms with E-state index in [1.54, 1.807) is 14.2 Å². The molecular formula is C29H36O5. The highest BCUT2D eigenvalue weighted by molar-refractivity contribution is 5.89. The number of allylic oxidation sites excluding steroid dienone is 3. The minimum absolute atomic E-state index is 0.239. The van der Waals surface area contributed by atoms with Crippen LogP contribution in [0.15, 0.2) is 47.1 Å². The number of rotatable bonds is 5. The molecule has 5 rings (SSSR count). The fourth-order valence-electron chi connectivity index (χ4n) is 7.28. The van der Waals surface area contributed by atoms with E-state index >= 15 is 0 Å². The first kappa shape index (κ1) is 23.4. The standard InChI is InChI=1S/C29H36O5/c1-32-25-11-7-10-20-23(25)15-19(29(31)34-3)16-24-22-14-18(28(30)33-2)12-13-21(22)26(27(20)24)17-8-5-4-6-9-17/h7,10-13,15,17,22,24,26-27,29,31H,4-6,8-9,14,16H2,1-3H3. The molecule has 182 valence electrons. The molecule has 5 unspecified atom stereocenters. The molecule has 2 saturated carbocycles. The maximum absolute atomic E-state index is 12.5. The highest BCUT2D eigenvalue weighted by Gasteiger charge is 2.52. The molecule has 34 heavy (non-hydrogen) atoms. The lowest BCUT2D eigenvalue weighted by Crippen LogP contribution is -2.24. The van der Waals surface area contributed by atoms with Gasteiger partial charge in [-0.15, -0.1) is 0 Å². The van der Waals surface area contributed by atoms with Gasteiger partial charge in [0.2, 0.25) is 0 Å². The highest BCUT2D eigenvalue weighted by Crippen LogP contribution is 2.62. The van der Waals surface area contributed by atoms with Gasteiger partial charge in [-0.25, -0.2) is 4.79 Å². The Balaban J connectivity index is 1.66. The first-order valence-electron chi connectivity index (χ1n) is 12.6. The number of aliphatic hydroxyl groups is 1. The lowest BCUT2D eigenvalue weighted by Gasteiger charge is -2.35. The van der Waals surface area contributed by atoms with Crippen LogP contribution < -0.4 is 4.74 Å². The van der Waals surface area contributed by atoms with Gasteiger partial charge in [-0.3, -0.25) is 0 Å². The van der Waals surface area contributed by atoms with Gasteiger partial charge < -0.3 is 19.3 Å². The topological polar surface area (TPSA) is 65.0 Å². The Kier molecular flexibility index (Phi) is 6.67. The Hall–Kier alpha value is -2.37. The van der Waals surface area contributed by atoms with E-state index in [9.17, 15) is 9.90 Å². The minimum atomic E-state index is -0.961. The van der Waals surface area contributed by atoms with Gasteiger partial charge in [-0.2, -0.15) is 0 Å². The largest absolute Gasteiger partial charge is 0.496 e. The van der Waals surface area contributed by atoms with Crippen molar-refractivity contribution in [1.82, 2.24) is 0 Å². The van der Waals surface area contributed by atoms with Crippen molar-refractivity contribution < 1.29 is 24.1 Å². The number of aliphatic hydroxyl groups excluding tert-OH is 1. The van der Waals surface area contributed by atoms with E-state index < -0.39 is 6.29 Å². The predicted molar refractivity (Wildman–Crippen MR) is 131 cm³/mol. The Bertz CT molecular complexity index is 1030. The number of ether oxygens (including phenoxy) is 3. The molecular weight excluding hydrogens is 428 g/mol. The molecule has 1 N–H and O–H groups in total. The number of carbonyl (C=O) groups is 1. The van der Waals surface area contributed by atoms with Crippen LogP contribution in [0.5, 0.6) is 5.75 Å². The van der Waals surface area contributed by atoms with Gasteiger partial charge in [0, 0.05) is 18.2 Å². The first-order chi connectivity index (χ1) is 16.6. The van der Waals surface area contributed by atoms with Gasteiger partial charge in [-0.1, -0.05) is 49.1 Å². The van der Waals surface area contributed by atoms with Gasteiger partial charge in [0.25, 0.3) is 0 Å². The van der Waals surface area contributed by atoms with Crippen molar-refractivity contribution >= 4 is 12.0 Å². The second kappa shape index (κ2) is 9.71. The van der Waals surface area contributed by atoms with E-state index in [-0.39, 0.29) is 17.8 Å². The van der Waals surface area contributed by atoms with E-state index in [4.69, 9.17) is 14.2 Å². The van der Waals surface area contributed by atoms with Crippen molar-refractivity contribution in [2.24, 2.45) is 23.7 Å². The smallest absolute Gasteiger partial charge is 0.333 e. The SMILES string of the molecule is COC(=O)C1=CC=C2C(C1)C1CC(C(O)OC)=Cc3c(OC)cccc3C1C2C1CCCCC1. The number of fused-ring (bicyclic) bond motifs is 5. The average Bonchev–Trinajstić information content (AvgIpc) is 3.09. The van der Waals surface area contributed by atoms with Crippen molar-refractivity contribution in [3.05, 3.63) is 58.2 Å². The quantitative estimate of drug-likeness (QED) is 0.467. The van der Waals surface area contributed by atoms with Gasteiger partial charge >= 0.3 is 5.97 Å². The van der Waals surface area contributed by atoms with Crippen LogP contribution in [0, 0.1) is 23.7 Å². The summed E-state index contributed by atoms with van der Waals surface area (Å²) in [7, 11) is 4.70. The zero-order chi connectivity index (χ0) is 23.8. The lowest BCUT2D eigenvalue weighted by atomic mass is 9.70. The Morgan fingerprint density at radius 2 is 1.82 bits per heavy atom. The van der Waals surface area contributed by atoms with Gasteiger partial charge in [0.05, 0.1) is 14.2 Å². The number of esters is 1. The van der Waals surface area contributed by atoms with Crippen LogP contribution in [0.2, 0.25) is 0 Å². The maximum Gasteiger partial charge on any atom is 0.333 e.